The lowest BCUT2D eigenvalue weighted by atomic mass is 10.1. The Kier molecular flexibility index (Phi) is 3.86. The fraction of sp³-hybridized carbons (Fsp3) is 0.222. The fourth-order valence-electron chi connectivity index (χ4n) is 2.77. The fourth-order valence-corrected chi connectivity index (χ4v) is 2.77. The summed E-state index contributed by atoms with van der Waals surface area (Å²) in [5.74, 6) is -1.01. The normalized spacial score (nSPS) is 17.7. The topological polar surface area (TPSA) is 49.4 Å². The van der Waals surface area contributed by atoms with Crippen molar-refractivity contribution >= 4 is 23.2 Å². The molecule has 0 radical (unpaired) electrons. The number of carbonyl (C=O) groups is 2. The summed E-state index contributed by atoms with van der Waals surface area (Å²) in [6.07, 6.45) is 0.0868. The Labute approximate surface area is 133 Å². The highest BCUT2D eigenvalue weighted by atomic mass is 19.1. The van der Waals surface area contributed by atoms with Gasteiger partial charge in [0.25, 0.3) is 5.91 Å². The van der Waals surface area contributed by atoms with Crippen LogP contribution in [0, 0.1) is 19.7 Å². The molecule has 4 nitrogen and oxygen atoms in total. The van der Waals surface area contributed by atoms with Crippen LogP contribution < -0.4 is 10.2 Å². The van der Waals surface area contributed by atoms with Gasteiger partial charge in [-0.05, 0) is 49.7 Å². The molecule has 0 aliphatic carbocycles. The molecular weight excluding hydrogens is 295 g/mol. The van der Waals surface area contributed by atoms with Gasteiger partial charge in [-0.25, -0.2) is 9.29 Å². The largest absolute Gasteiger partial charge is 0.373 e. The molecule has 1 atom stereocenters. The van der Waals surface area contributed by atoms with Crippen molar-refractivity contribution in [2.45, 2.75) is 26.3 Å². The highest BCUT2D eigenvalue weighted by Gasteiger charge is 2.39. The van der Waals surface area contributed by atoms with Crippen LogP contribution in [0.25, 0.3) is 0 Å². The Hall–Kier alpha value is -2.69. The Morgan fingerprint density at radius 1 is 1.09 bits per heavy atom. The molecule has 3 rings (SSSR count). The first-order chi connectivity index (χ1) is 11.0. The van der Waals surface area contributed by atoms with Crippen molar-refractivity contribution in [1.82, 2.24) is 0 Å². The number of anilines is 2. The van der Waals surface area contributed by atoms with Crippen LogP contribution in [0.5, 0.6) is 0 Å². The summed E-state index contributed by atoms with van der Waals surface area (Å²) in [5, 5.41) is 3.14. The number of hydrogen-bond acceptors (Lipinski definition) is 3. The van der Waals surface area contributed by atoms with E-state index in [1.54, 1.807) is 0 Å². The second-order valence-electron chi connectivity index (χ2n) is 5.76. The molecule has 1 N–H and O–H groups in total. The Morgan fingerprint density at radius 2 is 1.78 bits per heavy atom. The molecule has 23 heavy (non-hydrogen) atoms. The van der Waals surface area contributed by atoms with Gasteiger partial charge in [0, 0.05) is 5.69 Å². The Balaban J connectivity index is 1.82. The molecule has 2 aromatic carbocycles. The highest BCUT2D eigenvalue weighted by Crippen LogP contribution is 2.26. The summed E-state index contributed by atoms with van der Waals surface area (Å²) in [7, 11) is 0. The zero-order valence-electron chi connectivity index (χ0n) is 13.0. The van der Waals surface area contributed by atoms with Crippen molar-refractivity contribution in [3.63, 3.8) is 0 Å². The molecule has 2 amide bonds. The maximum atomic E-state index is 13.0. The van der Waals surface area contributed by atoms with Gasteiger partial charge in [-0.2, -0.15) is 0 Å². The second kappa shape index (κ2) is 5.83. The molecule has 1 heterocycles. The van der Waals surface area contributed by atoms with Crippen molar-refractivity contribution in [2.75, 3.05) is 10.2 Å². The number of halogens is 1. The number of hydrogen-bond donors (Lipinski definition) is 1. The van der Waals surface area contributed by atoms with Crippen molar-refractivity contribution in [3.8, 4) is 0 Å². The van der Waals surface area contributed by atoms with Gasteiger partial charge in [0.15, 0.2) is 0 Å². The second-order valence-corrected chi connectivity index (χ2v) is 5.76. The first-order valence-corrected chi connectivity index (χ1v) is 7.42. The van der Waals surface area contributed by atoms with Gasteiger partial charge in [0.05, 0.1) is 12.1 Å². The quantitative estimate of drug-likeness (QED) is 0.886. The molecule has 118 valence electrons. The molecule has 2 aromatic rings. The van der Waals surface area contributed by atoms with Gasteiger partial charge < -0.3 is 5.32 Å². The molecule has 1 aliphatic rings. The molecule has 1 fully saturated rings. The maximum absolute atomic E-state index is 13.0. The third-order valence-corrected chi connectivity index (χ3v) is 3.94. The van der Waals surface area contributed by atoms with Crippen LogP contribution in [0.15, 0.2) is 42.5 Å². The van der Waals surface area contributed by atoms with Gasteiger partial charge >= 0.3 is 0 Å². The number of nitrogens with one attached hydrogen (secondary N) is 1. The smallest absolute Gasteiger partial charge is 0.256 e. The molecule has 0 bridgehead atoms. The molecular formula is C18H17FN2O2. The molecule has 0 spiro atoms. The van der Waals surface area contributed by atoms with Gasteiger partial charge in [-0.3, -0.25) is 9.59 Å². The zero-order valence-corrected chi connectivity index (χ0v) is 13.0. The van der Waals surface area contributed by atoms with E-state index >= 15 is 0 Å². The lowest BCUT2D eigenvalue weighted by Gasteiger charge is -2.17. The van der Waals surface area contributed by atoms with Crippen molar-refractivity contribution in [3.05, 3.63) is 59.4 Å². The minimum atomic E-state index is -0.603. The summed E-state index contributed by atoms with van der Waals surface area (Å²) < 4.78 is 13.0. The summed E-state index contributed by atoms with van der Waals surface area (Å²) in [5.41, 5.74) is 3.38. The van der Waals surface area contributed by atoms with Gasteiger partial charge in [0.1, 0.15) is 11.9 Å². The summed E-state index contributed by atoms with van der Waals surface area (Å²) in [6, 6.07) is 10.6. The van der Waals surface area contributed by atoms with Gasteiger partial charge in [-0.15, -0.1) is 0 Å². The number of nitrogens with zero attached hydrogens (tertiary/aromatic N) is 1. The maximum Gasteiger partial charge on any atom is 0.256 e. The van der Waals surface area contributed by atoms with E-state index in [4.69, 9.17) is 0 Å². The van der Waals surface area contributed by atoms with E-state index in [0.29, 0.717) is 5.69 Å². The zero-order chi connectivity index (χ0) is 16.6. The first kappa shape index (κ1) is 15.2. The van der Waals surface area contributed by atoms with E-state index in [2.05, 4.69) is 5.32 Å². The predicted octanol–water partition coefficient (Wildman–Crippen LogP) is 3.19. The molecule has 5 heteroatoms. The van der Waals surface area contributed by atoms with Crippen LogP contribution >= 0.6 is 0 Å². The van der Waals surface area contributed by atoms with Crippen molar-refractivity contribution < 1.29 is 14.0 Å². The molecule has 0 aromatic heterocycles. The number of imide groups is 1. The standard InChI is InChI=1S/C18H17FN2O2/c1-11-3-8-15(12(2)9-11)20-16-10-17(22)21(18(16)23)14-6-4-13(19)5-7-14/h3-9,16,20H,10H2,1-2H3/t16-/m1/s1. The van der Waals surface area contributed by atoms with Crippen LogP contribution in [0.1, 0.15) is 17.5 Å². The van der Waals surface area contributed by atoms with E-state index in [9.17, 15) is 14.0 Å². The van der Waals surface area contributed by atoms with Gasteiger partial charge in [-0.1, -0.05) is 17.7 Å². The summed E-state index contributed by atoms with van der Waals surface area (Å²) in [4.78, 5) is 25.8. The summed E-state index contributed by atoms with van der Waals surface area (Å²) >= 11 is 0. The number of benzene rings is 2. The summed E-state index contributed by atoms with van der Waals surface area (Å²) in [6.45, 7) is 3.95. The lowest BCUT2D eigenvalue weighted by Crippen LogP contribution is -2.34. The predicted molar refractivity (Wildman–Crippen MR) is 86.8 cm³/mol. The lowest BCUT2D eigenvalue weighted by molar-refractivity contribution is -0.121. The molecule has 0 unspecified atom stereocenters. The van der Waals surface area contributed by atoms with E-state index < -0.39 is 11.9 Å². The number of rotatable bonds is 3. The van der Waals surface area contributed by atoms with Crippen molar-refractivity contribution in [2.24, 2.45) is 0 Å². The van der Waals surface area contributed by atoms with E-state index in [0.717, 1.165) is 21.7 Å². The molecule has 1 aliphatic heterocycles. The number of aryl methyl sites for hydroxylation is 2. The van der Waals surface area contributed by atoms with Crippen LogP contribution in [0.4, 0.5) is 15.8 Å². The number of carbonyl (C=O) groups excluding carboxylic acids is 2. The van der Waals surface area contributed by atoms with E-state index in [1.807, 2.05) is 32.0 Å². The van der Waals surface area contributed by atoms with Crippen molar-refractivity contribution in [1.29, 1.82) is 0 Å². The van der Waals surface area contributed by atoms with Gasteiger partial charge in [0.2, 0.25) is 5.91 Å². The molecule has 1 saturated heterocycles. The van der Waals surface area contributed by atoms with Crippen LogP contribution in [-0.2, 0) is 9.59 Å². The SMILES string of the molecule is Cc1ccc(N[C@@H]2CC(=O)N(c3ccc(F)cc3)C2=O)c(C)c1. The number of amides is 2. The monoisotopic (exact) mass is 312 g/mol. The van der Waals surface area contributed by atoms with Crippen LogP contribution in [-0.4, -0.2) is 17.9 Å². The minimum Gasteiger partial charge on any atom is -0.373 e. The van der Waals surface area contributed by atoms with Crippen LogP contribution in [0.2, 0.25) is 0 Å². The third kappa shape index (κ3) is 2.95. The Morgan fingerprint density at radius 3 is 2.43 bits per heavy atom. The molecule has 0 saturated carbocycles. The average Bonchev–Trinajstić information content (AvgIpc) is 2.78. The third-order valence-electron chi connectivity index (χ3n) is 3.94. The average molecular weight is 312 g/mol. The van der Waals surface area contributed by atoms with Crippen LogP contribution in [0.3, 0.4) is 0 Å². The minimum absolute atomic E-state index is 0.0868. The van der Waals surface area contributed by atoms with E-state index in [-0.39, 0.29) is 18.2 Å². The first-order valence-electron chi connectivity index (χ1n) is 7.42. The van der Waals surface area contributed by atoms with E-state index in [1.165, 1.54) is 24.3 Å². The highest BCUT2D eigenvalue weighted by molar-refractivity contribution is 6.23. The Bertz CT molecular complexity index is 771.